The van der Waals surface area contributed by atoms with Gasteiger partial charge >= 0.3 is 0 Å². The van der Waals surface area contributed by atoms with Crippen LogP contribution in [0.5, 0.6) is 11.5 Å². The SMILES string of the molecule is O=C(c1cn(Cc2ccc(Oc3ccccc3)cc2)c2ccccc12)N1CCOCC1. The van der Waals surface area contributed by atoms with Crippen LogP contribution in [0.3, 0.4) is 0 Å². The molecule has 0 aliphatic carbocycles. The second-order valence-corrected chi connectivity index (χ2v) is 7.65. The highest BCUT2D eigenvalue weighted by atomic mass is 16.5. The van der Waals surface area contributed by atoms with Crippen molar-refractivity contribution in [1.29, 1.82) is 0 Å². The smallest absolute Gasteiger partial charge is 0.256 e. The van der Waals surface area contributed by atoms with Gasteiger partial charge in [-0.1, -0.05) is 48.5 Å². The van der Waals surface area contributed by atoms with E-state index < -0.39 is 0 Å². The summed E-state index contributed by atoms with van der Waals surface area (Å²) in [5.74, 6) is 1.69. The Morgan fingerprint density at radius 3 is 2.29 bits per heavy atom. The molecule has 2 heterocycles. The van der Waals surface area contributed by atoms with Crippen molar-refractivity contribution < 1.29 is 14.3 Å². The molecule has 1 aromatic heterocycles. The number of morpholine rings is 1. The van der Waals surface area contributed by atoms with E-state index in [4.69, 9.17) is 9.47 Å². The summed E-state index contributed by atoms with van der Waals surface area (Å²) in [5, 5.41) is 0.989. The molecule has 0 atom stereocenters. The Balaban J connectivity index is 1.38. The minimum absolute atomic E-state index is 0.0739. The second kappa shape index (κ2) is 8.66. The fraction of sp³-hybridized carbons (Fsp3) is 0.192. The van der Waals surface area contributed by atoms with Gasteiger partial charge in [0.25, 0.3) is 5.91 Å². The molecule has 1 saturated heterocycles. The van der Waals surface area contributed by atoms with Crippen molar-refractivity contribution in [3.05, 3.63) is 96.2 Å². The average molecular weight is 412 g/mol. The largest absolute Gasteiger partial charge is 0.457 e. The predicted molar refractivity (Wildman–Crippen MR) is 121 cm³/mol. The van der Waals surface area contributed by atoms with Crippen LogP contribution >= 0.6 is 0 Å². The molecule has 0 unspecified atom stereocenters. The van der Waals surface area contributed by atoms with Gasteiger partial charge < -0.3 is 18.9 Å². The lowest BCUT2D eigenvalue weighted by molar-refractivity contribution is 0.0304. The minimum atomic E-state index is 0.0739. The maximum Gasteiger partial charge on any atom is 0.256 e. The Kier molecular flexibility index (Phi) is 5.42. The molecule has 0 saturated carbocycles. The third-order valence-electron chi connectivity index (χ3n) is 5.57. The number of fused-ring (bicyclic) bond motifs is 1. The van der Waals surface area contributed by atoms with Crippen LogP contribution in [0.2, 0.25) is 0 Å². The number of carbonyl (C=O) groups is 1. The summed E-state index contributed by atoms with van der Waals surface area (Å²) in [7, 11) is 0. The highest BCUT2D eigenvalue weighted by molar-refractivity contribution is 6.07. The first-order chi connectivity index (χ1) is 15.3. The highest BCUT2D eigenvalue weighted by Crippen LogP contribution is 2.26. The van der Waals surface area contributed by atoms with Crippen LogP contribution in [0, 0.1) is 0 Å². The monoisotopic (exact) mass is 412 g/mol. The van der Waals surface area contributed by atoms with Gasteiger partial charge in [-0.3, -0.25) is 4.79 Å². The standard InChI is InChI=1S/C26H24N2O3/c29-26(27-14-16-30-17-15-27)24-19-28(25-9-5-4-8-23(24)25)18-20-10-12-22(13-11-20)31-21-6-2-1-3-7-21/h1-13,19H,14-18H2. The zero-order valence-electron chi connectivity index (χ0n) is 17.2. The molecule has 31 heavy (non-hydrogen) atoms. The van der Waals surface area contributed by atoms with Gasteiger partial charge in [0.05, 0.1) is 18.8 Å². The van der Waals surface area contributed by atoms with Crippen LogP contribution in [0.25, 0.3) is 10.9 Å². The first kappa shape index (κ1) is 19.4. The summed E-state index contributed by atoms with van der Waals surface area (Å²) in [6.07, 6.45) is 1.98. The Hall–Kier alpha value is -3.57. The molecule has 3 aromatic carbocycles. The molecule has 0 bridgehead atoms. The van der Waals surface area contributed by atoms with Gasteiger partial charge in [0.15, 0.2) is 0 Å². The lowest BCUT2D eigenvalue weighted by Gasteiger charge is -2.26. The molecule has 1 aliphatic heterocycles. The van der Waals surface area contributed by atoms with Gasteiger partial charge in [-0.15, -0.1) is 0 Å². The molecule has 0 N–H and O–H groups in total. The summed E-state index contributed by atoms with van der Waals surface area (Å²) >= 11 is 0. The third-order valence-corrected chi connectivity index (χ3v) is 5.57. The molecule has 5 nitrogen and oxygen atoms in total. The number of carbonyl (C=O) groups excluding carboxylic acids is 1. The Morgan fingerprint density at radius 1 is 0.839 bits per heavy atom. The summed E-state index contributed by atoms with van der Waals surface area (Å²) in [5.41, 5.74) is 2.96. The normalized spacial score (nSPS) is 14.0. The molecule has 1 fully saturated rings. The van der Waals surface area contributed by atoms with E-state index in [2.05, 4.69) is 22.8 Å². The molecular formula is C26H24N2O3. The third kappa shape index (κ3) is 4.18. The van der Waals surface area contributed by atoms with E-state index in [0.29, 0.717) is 32.8 Å². The fourth-order valence-electron chi connectivity index (χ4n) is 3.97. The maximum absolute atomic E-state index is 13.1. The van der Waals surface area contributed by atoms with E-state index in [-0.39, 0.29) is 5.91 Å². The van der Waals surface area contributed by atoms with Gasteiger partial charge in [-0.2, -0.15) is 0 Å². The first-order valence-corrected chi connectivity index (χ1v) is 10.5. The zero-order valence-corrected chi connectivity index (χ0v) is 17.2. The van der Waals surface area contributed by atoms with E-state index in [1.54, 1.807) is 0 Å². The highest BCUT2D eigenvalue weighted by Gasteiger charge is 2.22. The van der Waals surface area contributed by atoms with Crippen LogP contribution < -0.4 is 4.74 Å². The average Bonchev–Trinajstić information content (AvgIpc) is 3.19. The number of amides is 1. The van der Waals surface area contributed by atoms with Crippen molar-refractivity contribution in [1.82, 2.24) is 9.47 Å². The molecule has 0 radical (unpaired) electrons. The summed E-state index contributed by atoms with van der Waals surface area (Å²) in [6.45, 7) is 3.16. The zero-order chi connectivity index (χ0) is 21.0. The van der Waals surface area contributed by atoms with Gasteiger partial charge in [-0.05, 0) is 35.9 Å². The summed E-state index contributed by atoms with van der Waals surface area (Å²) in [6, 6.07) is 25.9. The van der Waals surface area contributed by atoms with E-state index in [9.17, 15) is 4.79 Å². The van der Waals surface area contributed by atoms with Crippen molar-refractivity contribution in [3.8, 4) is 11.5 Å². The van der Waals surface area contributed by atoms with E-state index in [0.717, 1.165) is 33.5 Å². The molecular weight excluding hydrogens is 388 g/mol. The van der Waals surface area contributed by atoms with Crippen LogP contribution in [0.15, 0.2) is 85.1 Å². The molecule has 4 aromatic rings. The number of ether oxygens (including phenoxy) is 2. The lowest BCUT2D eigenvalue weighted by atomic mass is 10.1. The van der Waals surface area contributed by atoms with Crippen LogP contribution in [-0.2, 0) is 11.3 Å². The maximum atomic E-state index is 13.1. The molecule has 1 aliphatic rings. The van der Waals surface area contributed by atoms with Crippen molar-refractivity contribution in [2.45, 2.75) is 6.54 Å². The van der Waals surface area contributed by atoms with Crippen LogP contribution in [0.1, 0.15) is 15.9 Å². The van der Waals surface area contributed by atoms with Gasteiger partial charge in [0.2, 0.25) is 0 Å². The van der Waals surface area contributed by atoms with Gasteiger partial charge in [0.1, 0.15) is 11.5 Å². The van der Waals surface area contributed by atoms with Gasteiger partial charge in [0, 0.05) is 36.7 Å². The van der Waals surface area contributed by atoms with Gasteiger partial charge in [-0.25, -0.2) is 0 Å². The van der Waals surface area contributed by atoms with E-state index in [1.807, 2.05) is 71.8 Å². The van der Waals surface area contributed by atoms with Crippen molar-refractivity contribution >= 4 is 16.8 Å². The lowest BCUT2D eigenvalue weighted by Crippen LogP contribution is -2.40. The Labute approximate surface area is 181 Å². The second-order valence-electron chi connectivity index (χ2n) is 7.65. The Bertz CT molecular complexity index is 1180. The first-order valence-electron chi connectivity index (χ1n) is 10.5. The van der Waals surface area contributed by atoms with Crippen molar-refractivity contribution in [3.63, 3.8) is 0 Å². The number of para-hydroxylation sites is 2. The topological polar surface area (TPSA) is 43.7 Å². The quantitative estimate of drug-likeness (QED) is 0.466. The number of hydrogen-bond donors (Lipinski definition) is 0. The number of benzene rings is 3. The van der Waals surface area contributed by atoms with Crippen LogP contribution in [0.4, 0.5) is 0 Å². The van der Waals surface area contributed by atoms with E-state index in [1.165, 1.54) is 0 Å². The molecule has 5 heteroatoms. The molecule has 5 rings (SSSR count). The predicted octanol–water partition coefficient (Wildman–Crippen LogP) is 4.95. The summed E-state index contributed by atoms with van der Waals surface area (Å²) in [4.78, 5) is 15.0. The van der Waals surface area contributed by atoms with E-state index >= 15 is 0 Å². The fourth-order valence-corrected chi connectivity index (χ4v) is 3.97. The van der Waals surface area contributed by atoms with Crippen molar-refractivity contribution in [2.75, 3.05) is 26.3 Å². The molecule has 0 spiro atoms. The Morgan fingerprint density at radius 2 is 1.52 bits per heavy atom. The molecule has 156 valence electrons. The number of nitrogens with zero attached hydrogens (tertiary/aromatic N) is 2. The number of aromatic nitrogens is 1. The summed E-state index contributed by atoms with van der Waals surface area (Å²) < 4.78 is 13.4. The number of hydrogen-bond acceptors (Lipinski definition) is 3. The minimum Gasteiger partial charge on any atom is -0.457 e. The van der Waals surface area contributed by atoms with Crippen molar-refractivity contribution in [2.24, 2.45) is 0 Å². The van der Waals surface area contributed by atoms with Crippen LogP contribution in [-0.4, -0.2) is 41.7 Å². The number of rotatable bonds is 5. The molecule has 1 amide bonds.